The van der Waals surface area contributed by atoms with Crippen LogP contribution in [0.4, 0.5) is 0 Å². The molecule has 9 nitrogen and oxygen atoms in total. The molecule has 1 aromatic carbocycles. The van der Waals surface area contributed by atoms with Crippen LogP contribution in [-0.2, 0) is 6.54 Å². The Morgan fingerprint density at radius 2 is 2.00 bits per heavy atom. The van der Waals surface area contributed by atoms with Gasteiger partial charge in [0.15, 0.2) is 0 Å². The second kappa shape index (κ2) is 8.08. The smallest absolute Gasteiger partial charge is 0.278 e. The number of nitriles is 1. The van der Waals surface area contributed by atoms with Crippen LogP contribution < -0.4 is 5.56 Å². The van der Waals surface area contributed by atoms with Gasteiger partial charge < -0.3 is 4.52 Å². The number of fused-ring (bicyclic) bond motifs is 3. The Balaban J connectivity index is 1.62. The van der Waals surface area contributed by atoms with Gasteiger partial charge in [-0.15, -0.1) is 0 Å². The Morgan fingerprint density at radius 3 is 2.76 bits per heavy atom. The third-order valence-corrected chi connectivity index (χ3v) is 6.68. The van der Waals surface area contributed by atoms with E-state index in [9.17, 15) is 10.1 Å². The van der Waals surface area contributed by atoms with Crippen molar-refractivity contribution in [1.29, 1.82) is 5.26 Å². The highest BCUT2D eigenvalue weighted by Gasteiger charge is 2.26. The molecule has 1 saturated carbocycles. The van der Waals surface area contributed by atoms with Crippen molar-refractivity contribution in [2.75, 3.05) is 0 Å². The van der Waals surface area contributed by atoms with Crippen LogP contribution in [0.5, 0.6) is 0 Å². The van der Waals surface area contributed by atoms with Gasteiger partial charge in [0.05, 0.1) is 33.9 Å². The topological polar surface area (TPSA) is 115 Å². The number of benzene rings is 1. The standard InChI is InChI=1S/C24H18ClN7O2/c25-17-8-9-18-20(16(17)11-26)31(12-15-7-3-4-10-27-15)24(33)21-19(28-13-32(18)21)22-29-23(34-30-22)14-5-1-2-6-14/h3-4,7-10,13-14H,1-2,5-6,12H2. The van der Waals surface area contributed by atoms with Gasteiger partial charge in [0.1, 0.15) is 23.6 Å². The summed E-state index contributed by atoms with van der Waals surface area (Å²) in [5.41, 5.74) is 2.20. The van der Waals surface area contributed by atoms with Gasteiger partial charge in [-0.3, -0.25) is 18.7 Å². The van der Waals surface area contributed by atoms with Crippen LogP contribution in [-0.4, -0.2) is 29.1 Å². The van der Waals surface area contributed by atoms with Crippen LogP contribution in [0, 0.1) is 11.3 Å². The molecule has 0 N–H and O–H groups in total. The van der Waals surface area contributed by atoms with Crippen molar-refractivity contribution in [3.63, 3.8) is 0 Å². The van der Waals surface area contributed by atoms with Gasteiger partial charge in [0.25, 0.3) is 5.56 Å². The summed E-state index contributed by atoms with van der Waals surface area (Å²) in [5.74, 6) is 1.11. The quantitative estimate of drug-likeness (QED) is 0.383. The van der Waals surface area contributed by atoms with Crippen LogP contribution in [0.1, 0.15) is 48.7 Å². The first-order valence-corrected chi connectivity index (χ1v) is 11.4. The normalized spacial score (nSPS) is 14.2. The Kier molecular flexibility index (Phi) is 4.89. The molecule has 10 heteroatoms. The molecule has 0 radical (unpaired) electrons. The number of halogens is 1. The first-order chi connectivity index (χ1) is 16.7. The van der Waals surface area contributed by atoms with Crippen molar-refractivity contribution < 1.29 is 4.52 Å². The van der Waals surface area contributed by atoms with E-state index in [2.05, 4.69) is 26.2 Å². The molecule has 6 rings (SSSR count). The minimum Gasteiger partial charge on any atom is -0.339 e. The maximum atomic E-state index is 13.9. The first-order valence-electron chi connectivity index (χ1n) is 11.0. The number of imidazole rings is 1. The molecule has 1 fully saturated rings. The molecule has 0 atom stereocenters. The average Bonchev–Trinajstić information content (AvgIpc) is 3.62. The third kappa shape index (κ3) is 3.18. The van der Waals surface area contributed by atoms with Crippen LogP contribution >= 0.6 is 11.6 Å². The SMILES string of the molecule is N#Cc1c(Cl)ccc2c1n(Cc1ccccn1)c(=O)c1c(-c3noc(C4CCCC4)n3)ncn12. The number of hydrogen-bond acceptors (Lipinski definition) is 7. The number of pyridine rings is 1. The fraction of sp³-hybridized carbons (Fsp3) is 0.250. The molecule has 1 aliphatic rings. The minimum absolute atomic E-state index is 0.159. The molecule has 0 unspecified atom stereocenters. The van der Waals surface area contributed by atoms with Crippen LogP contribution in [0.3, 0.4) is 0 Å². The molecule has 4 aromatic heterocycles. The highest BCUT2D eigenvalue weighted by Crippen LogP contribution is 2.34. The van der Waals surface area contributed by atoms with Gasteiger partial charge in [0, 0.05) is 12.1 Å². The average molecular weight is 472 g/mol. The van der Waals surface area contributed by atoms with Gasteiger partial charge in [-0.05, 0) is 37.1 Å². The molecule has 0 saturated heterocycles. The zero-order chi connectivity index (χ0) is 23.2. The zero-order valence-electron chi connectivity index (χ0n) is 18.0. The minimum atomic E-state index is -0.350. The van der Waals surface area contributed by atoms with Gasteiger partial charge >= 0.3 is 0 Å². The summed E-state index contributed by atoms with van der Waals surface area (Å²) in [7, 11) is 0. The summed E-state index contributed by atoms with van der Waals surface area (Å²) in [5, 5.41) is 14.2. The summed E-state index contributed by atoms with van der Waals surface area (Å²) in [4.78, 5) is 27.3. The number of nitrogens with zero attached hydrogens (tertiary/aromatic N) is 7. The fourth-order valence-corrected chi connectivity index (χ4v) is 4.93. The van der Waals surface area contributed by atoms with Crippen molar-refractivity contribution in [3.05, 3.63) is 75.4 Å². The van der Waals surface area contributed by atoms with Crippen LogP contribution in [0.15, 0.2) is 52.2 Å². The Bertz CT molecular complexity index is 1640. The Hall–Kier alpha value is -4.03. The third-order valence-electron chi connectivity index (χ3n) is 6.37. The van der Waals surface area contributed by atoms with E-state index in [0.29, 0.717) is 33.8 Å². The van der Waals surface area contributed by atoms with Gasteiger partial charge in [0.2, 0.25) is 11.7 Å². The molecular formula is C24H18ClN7O2. The molecule has 5 aromatic rings. The molecule has 34 heavy (non-hydrogen) atoms. The second-order valence-electron chi connectivity index (χ2n) is 8.36. The van der Waals surface area contributed by atoms with E-state index in [1.807, 2.05) is 12.1 Å². The van der Waals surface area contributed by atoms with Gasteiger partial charge in [-0.1, -0.05) is 35.7 Å². The predicted octanol–water partition coefficient (Wildman–Crippen LogP) is 4.33. The highest BCUT2D eigenvalue weighted by molar-refractivity contribution is 6.32. The van der Waals surface area contributed by atoms with Crippen LogP contribution in [0.2, 0.25) is 5.02 Å². The fourth-order valence-electron chi connectivity index (χ4n) is 4.73. The lowest BCUT2D eigenvalue weighted by Gasteiger charge is -2.14. The van der Waals surface area contributed by atoms with Crippen LogP contribution in [0.25, 0.3) is 28.1 Å². The largest absolute Gasteiger partial charge is 0.339 e. The summed E-state index contributed by atoms with van der Waals surface area (Å²) in [6.45, 7) is 0.159. The van der Waals surface area contributed by atoms with Crippen molar-refractivity contribution in [1.82, 2.24) is 29.1 Å². The molecule has 168 valence electrons. The second-order valence-corrected chi connectivity index (χ2v) is 8.77. The molecule has 4 heterocycles. The van der Waals surface area contributed by atoms with Crippen molar-refractivity contribution in [2.45, 2.75) is 38.1 Å². The van der Waals surface area contributed by atoms with Crippen molar-refractivity contribution in [2.24, 2.45) is 0 Å². The summed E-state index contributed by atoms with van der Waals surface area (Å²) < 4.78 is 8.71. The molecule has 0 aliphatic heterocycles. The van der Waals surface area contributed by atoms with E-state index in [1.54, 1.807) is 35.1 Å². The Morgan fingerprint density at radius 1 is 1.15 bits per heavy atom. The van der Waals surface area contributed by atoms with Gasteiger partial charge in [-0.2, -0.15) is 10.2 Å². The number of rotatable bonds is 4. The summed E-state index contributed by atoms with van der Waals surface area (Å²) >= 11 is 6.34. The lowest BCUT2D eigenvalue weighted by atomic mass is 10.1. The van der Waals surface area contributed by atoms with E-state index in [4.69, 9.17) is 16.1 Å². The monoisotopic (exact) mass is 471 g/mol. The van der Waals surface area contributed by atoms with Crippen molar-refractivity contribution >= 4 is 28.2 Å². The zero-order valence-corrected chi connectivity index (χ0v) is 18.7. The highest BCUT2D eigenvalue weighted by atomic mass is 35.5. The maximum Gasteiger partial charge on any atom is 0.278 e. The molecule has 1 aliphatic carbocycles. The molecule has 0 bridgehead atoms. The number of hydrogen-bond donors (Lipinski definition) is 0. The summed E-state index contributed by atoms with van der Waals surface area (Å²) in [6.07, 6.45) is 7.52. The van der Waals surface area contributed by atoms with Crippen molar-refractivity contribution in [3.8, 4) is 17.6 Å². The molecule has 0 amide bonds. The molecular weight excluding hydrogens is 454 g/mol. The van der Waals surface area contributed by atoms with E-state index in [-0.39, 0.29) is 34.4 Å². The molecule has 0 spiro atoms. The lowest BCUT2D eigenvalue weighted by molar-refractivity contribution is 0.354. The predicted molar refractivity (Wildman–Crippen MR) is 125 cm³/mol. The van der Waals surface area contributed by atoms with E-state index in [1.165, 1.54) is 4.57 Å². The van der Waals surface area contributed by atoms with Gasteiger partial charge in [-0.25, -0.2) is 4.98 Å². The van der Waals surface area contributed by atoms with E-state index < -0.39 is 0 Å². The maximum absolute atomic E-state index is 13.9. The summed E-state index contributed by atoms with van der Waals surface area (Å²) in [6, 6.07) is 11.0. The lowest BCUT2D eigenvalue weighted by Crippen LogP contribution is -2.25. The Labute approximate surface area is 198 Å². The van der Waals surface area contributed by atoms with E-state index >= 15 is 0 Å². The van der Waals surface area contributed by atoms with E-state index in [0.717, 1.165) is 25.7 Å². The first kappa shape index (κ1) is 20.6. The number of aromatic nitrogens is 6.